The van der Waals surface area contributed by atoms with Crippen LogP contribution in [0.15, 0.2) is 24.4 Å². The van der Waals surface area contributed by atoms with Crippen LogP contribution in [0.25, 0.3) is 5.69 Å². The molecule has 1 amide bonds. The highest BCUT2D eigenvalue weighted by Gasteiger charge is 2.33. The molecule has 1 aliphatic carbocycles. The Labute approximate surface area is 152 Å². The van der Waals surface area contributed by atoms with Crippen molar-refractivity contribution in [3.8, 4) is 5.69 Å². The Hall–Kier alpha value is -1.85. The Morgan fingerprint density at radius 3 is 2.88 bits per heavy atom. The van der Waals surface area contributed by atoms with Gasteiger partial charge in [0, 0.05) is 23.5 Å². The quantitative estimate of drug-likeness (QED) is 0.882. The lowest BCUT2D eigenvalue weighted by atomic mass is 10.1. The molecule has 2 aromatic rings. The summed E-state index contributed by atoms with van der Waals surface area (Å²) in [7, 11) is 0. The smallest absolute Gasteiger partial charge is 0.255 e. The Morgan fingerprint density at radius 2 is 2.20 bits per heavy atom. The number of benzene rings is 1. The molecule has 25 heavy (non-hydrogen) atoms. The molecular formula is C19H23ClN4O. The molecule has 1 atom stereocenters. The lowest BCUT2D eigenvalue weighted by Crippen LogP contribution is -2.45. The number of carbonyl (C=O) groups excluding carboxylic acids is 1. The number of aryl methyl sites for hydroxylation is 1. The van der Waals surface area contributed by atoms with Gasteiger partial charge in [-0.3, -0.25) is 4.79 Å². The van der Waals surface area contributed by atoms with Crippen molar-refractivity contribution in [3.63, 3.8) is 0 Å². The van der Waals surface area contributed by atoms with Crippen LogP contribution in [0.2, 0.25) is 5.02 Å². The van der Waals surface area contributed by atoms with E-state index in [1.807, 2.05) is 29.8 Å². The van der Waals surface area contributed by atoms with Gasteiger partial charge in [0.2, 0.25) is 0 Å². The zero-order valence-electron chi connectivity index (χ0n) is 14.4. The minimum Gasteiger partial charge on any atom is -0.348 e. The van der Waals surface area contributed by atoms with Crippen LogP contribution in [-0.2, 0) is 0 Å². The van der Waals surface area contributed by atoms with Crippen molar-refractivity contribution in [2.75, 3.05) is 13.1 Å². The van der Waals surface area contributed by atoms with Gasteiger partial charge < -0.3 is 10.6 Å². The van der Waals surface area contributed by atoms with Gasteiger partial charge in [0.25, 0.3) is 5.91 Å². The second-order valence-electron chi connectivity index (χ2n) is 7.08. The molecule has 6 heteroatoms. The normalized spacial score (nSPS) is 20.5. The molecule has 2 N–H and O–H groups in total. The number of piperidine rings is 1. The summed E-state index contributed by atoms with van der Waals surface area (Å²) in [4.78, 5) is 12.8. The van der Waals surface area contributed by atoms with E-state index >= 15 is 0 Å². The maximum Gasteiger partial charge on any atom is 0.255 e. The fourth-order valence-electron chi connectivity index (χ4n) is 3.44. The second-order valence-corrected chi connectivity index (χ2v) is 7.49. The Morgan fingerprint density at radius 1 is 1.36 bits per heavy atom. The Bertz CT molecular complexity index is 791. The summed E-state index contributed by atoms with van der Waals surface area (Å²) < 4.78 is 1.89. The molecule has 2 aliphatic rings. The summed E-state index contributed by atoms with van der Waals surface area (Å²) >= 11 is 6.28. The van der Waals surface area contributed by atoms with Crippen LogP contribution in [0.4, 0.5) is 0 Å². The number of carbonyl (C=O) groups is 1. The number of rotatable bonds is 4. The van der Waals surface area contributed by atoms with Crippen molar-refractivity contribution < 1.29 is 4.79 Å². The summed E-state index contributed by atoms with van der Waals surface area (Å²) in [6.45, 7) is 3.85. The maximum absolute atomic E-state index is 12.8. The first kappa shape index (κ1) is 16.6. The minimum absolute atomic E-state index is 0.0138. The molecule has 0 spiro atoms. The van der Waals surface area contributed by atoms with Crippen LogP contribution >= 0.6 is 11.6 Å². The summed E-state index contributed by atoms with van der Waals surface area (Å²) in [5.41, 5.74) is 3.66. The molecule has 1 aromatic heterocycles. The van der Waals surface area contributed by atoms with E-state index in [1.165, 1.54) is 0 Å². The first-order chi connectivity index (χ1) is 12.1. The van der Waals surface area contributed by atoms with Gasteiger partial charge in [-0.15, -0.1) is 0 Å². The zero-order valence-corrected chi connectivity index (χ0v) is 15.1. The highest BCUT2D eigenvalue weighted by atomic mass is 35.5. The van der Waals surface area contributed by atoms with Crippen LogP contribution in [0.3, 0.4) is 0 Å². The van der Waals surface area contributed by atoms with E-state index in [4.69, 9.17) is 11.6 Å². The van der Waals surface area contributed by atoms with Crippen molar-refractivity contribution in [1.29, 1.82) is 0 Å². The molecule has 5 nitrogen and oxygen atoms in total. The molecular weight excluding hydrogens is 336 g/mol. The fraction of sp³-hybridized carbons (Fsp3) is 0.474. The van der Waals surface area contributed by atoms with E-state index in [9.17, 15) is 4.79 Å². The molecule has 132 valence electrons. The third-order valence-electron chi connectivity index (χ3n) is 5.05. The molecule has 4 rings (SSSR count). The van der Waals surface area contributed by atoms with Crippen LogP contribution in [0.1, 0.15) is 53.2 Å². The standard InChI is InChI=1S/C19H23ClN4O/c1-12-4-7-15(9-17(12)20)24-18(13-5-6-13)16(11-22-24)19(25)23-14-3-2-8-21-10-14/h4,7,9,11,13-14,21H,2-3,5-6,8,10H2,1H3,(H,23,25). The summed E-state index contributed by atoms with van der Waals surface area (Å²) in [5, 5.41) is 11.7. The number of halogens is 1. The van der Waals surface area contributed by atoms with E-state index in [0.717, 1.165) is 55.7 Å². The fourth-order valence-corrected chi connectivity index (χ4v) is 3.61. The van der Waals surface area contributed by atoms with Gasteiger partial charge in [-0.1, -0.05) is 17.7 Å². The molecule has 1 aliphatic heterocycles. The number of amides is 1. The number of hydrogen-bond acceptors (Lipinski definition) is 3. The number of hydrogen-bond donors (Lipinski definition) is 2. The predicted octanol–water partition coefficient (Wildman–Crippen LogP) is 3.19. The highest BCUT2D eigenvalue weighted by molar-refractivity contribution is 6.31. The predicted molar refractivity (Wildman–Crippen MR) is 98.6 cm³/mol. The van der Waals surface area contributed by atoms with Crippen molar-refractivity contribution >= 4 is 17.5 Å². The van der Waals surface area contributed by atoms with Gasteiger partial charge in [-0.05, 0) is 56.8 Å². The van der Waals surface area contributed by atoms with Crippen LogP contribution in [0, 0.1) is 6.92 Å². The maximum atomic E-state index is 12.8. The molecule has 1 saturated carbocycles. The molecule has 1 unspecified atom stereocenters. The SMILES string of the molecule is Cc1ccc(-n2ncc(C(=O)NC3CCCNC3)c2C2CC2)cc1Cl. The van der Waals surface area contributed by atoms with E-state index in [2.05, 4.69) is 15.7 Å². The van der Waals surface area contributed by atoms with Gasteiger partial charge in [0.15, 0.2) is 0 Å². The van der Waals surface area contributed by atoms with Crippen molar-refractivity contribution in [3.05, 3.63) is 46.2 Å². The average Bonchev–Trinajstić information content (AvgIpc) is 3.36. The first-order valence-electron chi connectivity index (χ1n) is 8.99. The highest BCUT2D eigenvalue weighted by Crippen LogP contribution is 2.42. The third-order valence-corrected chi connectivity index (χ3v) is 5.45. The van der Waals surface area contributed by atoms with E-state index in [0.29, 0.717) is 16.5 Å². The van der Waals surface area contributed by atoms with Gasteiger partial charge >= 0.3 is 0 Å². The van der Waals surface area contributed by atoms with E-state index in [1.54, 1.807) is 6.20 Å². The molecule has 0 bridgehead atoms. The van der Waals surface area contributed by atoms with Gasteiger partial charge in [0.1, 0.15) is 0 Å². The minimum atomic E-state index is -0.0138. The monoisotopic (exact) mass is 358 g/mol. The van der Waals surface area contributed by atoms with Gasteiger partial charge in [-0.25, -0.2) is 4.68 Å². The van der Waals surface area contributed by atoms with Gasteiger partial charge in [-0.2, -0.15) is 5.10 Å². The largest absolute Gasteiger partial charge is 0.348 e. The zero-order chi connectivity index (χ0) is 17.4. The summed E-state index contributed by atoms with van der Waals surface area (Å²) in [5.74, 6) is 0.396. The second kappa shape index (κ2) is 6.81. The van der Waals surface area contributed by atoms with Gasteiger partial charge in [0.05, 0.1) is 23.1 Å². The number of nitrogens with zero attached hydrogens (tertiary/aromatic N) is 2. The van der Waals surface area contributed by atoms with E-state index < -0.39 is 0 Å². The third kappa shape index (κ3) is 3.44. The van der Waals surface area contributed by atoms with Crippen LogP contribution in [-0.4, -0.2) is 34.8 Å². The van der Waals surface area contributed by atoms with Crippen molar-refractivity contribution in [2.45, 2.75) is 44.6 Å². The molecule has 2 fully saturated rings. The summed E-state index contributed by atoms with van der Waals surface area (Å²) in [6, 6.07) is 6.11. The lowest BCUT2D eigenvalue weighted by Gasteiger charge is -2.23. The van der Waals surface area contributed by atoms with Crippen LogP contribution < -0.4 is 10.6 Å². The number of aromatic nitrogens is 2. The molecule has 1 saturated heterocycles. The van der Waals surface area contributed by atoms with Crippen molar-refractivity contribution in [2.24, 2.45) is 0 Å². The average molecular weight is 359 g/mol. The number of nitrogens with one attached hydrogen (secondary N) is 2. The Kier molecular flexibility index (Phi) is 4.52. The lowest BCUT2D eigenvalue weighted by molar-refractivity contribution is 0.0929. The van der Waals surface area contributed by atoms with E-state index in [-0.39, 0.29) is 11.9 Å². The topological polar surface area (TPSA) is 59.0 Å². The molecule has 1 aromatic carbocycles. The summed E-state index contributed by atoms with van der Waals surface area (Å²) in [6.07, 6.45) is 6.04. The Balaban J connectivity index is 1.63. The first-order valence-corrected chi connectivity index (χ1v) is 9.37. The van der Waals surface area contributed by atoms with Crippen LogP contribution in [0.5, 0.6) is 0 Å². The molecule has 2 heterocycles. The van der Waals surface area contributed by atoms with Crippen molar-refractivity contribution in [1.82, 2.24) is 20.4 Å². The molecule has 0 radical (unpaired) electrons.